The van der Waals surface area contributed by atoms with E-state index in [-0.39, 0.29) is 17.2 Å². The van der Waals surface area contributed by atoms with Gasteiger partial charge in [0.25, 0.3) is 5.91 Å². The molecule has 5 heteroatoms. The van der Waals surface area contributed by atoms with Crippen molar-refractivity contribution in [3.8, 4) is 5.75 Å². The average molecular weight is 291 g/mol. The summed E-state index contributed by atoms with van der Waals surface area (Å²) in [5.41, 5.74) is 1.88. The van der Waals surface area contributed by atoms with Gasteiger partial charge in [-0.05, 0) is 36.4 Å². The number of amides is 1. The van der Waals surface area contributed by atoms with E-state index in [0.717, 1.165) is 5.69 Å². The van der Waals surface area contributed by atoms with Crippen LogP contribution in [0.2, 0.25) is 5.02 Å². The van der Waals surface area contributed by atoms with Crippen LogP contribution in [0.25, 0.3) is 0 Å². The normalized spacial score (nSPS) is 10.2. The summed E-state index contributed by atoms with van der Waals surface area (Å²) in [5, 5.41) is 12.5. The molecule has 0 aromatic heterocycles. The molecule has 0 bridgehead atoms. The summed E-state index contributed by atoms with van der Waals surface area (Å²) in [4.78, 5) is 14.1. The molecule has 0 heterocycles. The Morgan fingerprint density at radius 1 is 1.20 bits per heavy atom. The first-order valence-electron chi connectivity index (χ1n) is 6.04. The lowest BCUT2D eigenvalue weighted by molar-refractivity contribution is 0.102. The van der Waals surface area contributed by atoms with E-state index < -0.39 is 0 Å². The number of hydrogen-bond acceptors (Lipinski definition) is 3. The van der Waals surface area contributed by atoms with Crippen molar-refractivity contribution in [3.05, 3.63) is 53.1 Å². The number of phenolic OH excluding ortho intramolecular Hbond substituents is 1. The van der Waals surface area contributed by atoms with Gasteiger partial charge in [0.05, 0.1) is 10.6 Å². The second-order valence-corrected chi connectivity index (χ2v) is 4.97. The molecule has 0 aliphatic rings. The molecule has 1 amide bonds. The van der Waals surface area contributed by atoms with Gasteiger partial charge in [-0.15, -0.1) is 0 Å². The molecule has 4 nitrogen and oxygen atoms in total. The molecule has 0 aliphatic heterocycles. The van der Waals surface area contributed by atoms with Gasteiger partial charge in [0, 0.05) is 25.5 Å². The zero-order chi connectivity index (χ0) is 14.7. The van der Waals surface area contributed by atoms with Crippen molar-refractivity contribution < 1.29 is 9.90 Å². The molecule has 0 saturated carbocycles. The topological polar surface area (TPSA) is 52.6 Å². The number of carbonyl (C=O) groups is 1. The van der Waals surface area contributed by atoms with Gasteiger partial charge >= 0.3 is 0 Å². The quantitative estimate of drug-likeness (QED) is 0.911. The summed E-state index contributed by atoms with van der Waals surface area (Å²) in [6, 6.07) is 11.7. The molecule has 0 spiro atoms. The minimum atomic E-state index is -0.359. The molecule has 2 aromatic rings. The van der Waals surface area contributed by atoms with Crippen molar-refractivity contribution in [2.75, 3.05) is 24.3 Å². The third-order valence-electron chi connectivity index (χ3n) is 2.81. The Bertz CT molecular complexity index is 642. The highest BCUT2D eigenvalue weighted by atomic mass is 35.5. The minimum absolute atomic E-state index is 0.00147. The number of phenols is 1. The van der Waals surface area contributed by atoms with Gasteiger partial charge < -0.3 is 15.3 Å². The van der Waals surface area contributed by atoms with Crippen molar-refractivity contribution in [1.29, 1.82) is 0 Å². The third-order valence-corrected chi connectivity index (χ3v) is 3.14. The zero-order valence-corrected chi connectivity index (χ0v) is 12.0. The number of benzene rings is 2. The number of aromatic hydroxyl groups is 1. The lowest BCUT2D eigenvalue weighted by Crippen LogP contribution is -2.13. The highest BCUT2D eigenvalue weighted by Crippen LogP contribution is 2.23. The van der Waals surface area contributed by atoms with E-state index in [1.165, 1.54) is 18.2 Å². The number of halogens is 1. The average Bonchev–Trinajstić information content (AvgIpc) is 2.41. The number of rotatable bonds is 3. The number of nitrogens with zero attached hydrogens (tertiary/aromatic N) is 1. The van der Waals surface area contributed by atoms with Crippen LogP contribution in [-0.2, 0) is 0 Å². The molecular formula is C15H15ClN2O2. The second-order valence-electron chi connectivity index (χ2n) is 4.56. The predicted octanol–water partition coefficient (Wildman–Crippen LogP) is 3.36. The lowest BCUT2D eigenvalue weighted by atomic mass is 10.2. The molecule has 20 heavy (non-hydrogen) atoms. The van der Waals surface area contributed by atoms with Crippen molar-refractivity contribution in [1.82, 2.24) is 0 Å². The molecular weight excluding hydrogens is 276 g/mol. The van der Waals surface area contributed by atoms with Crippen LogP contribution in [0.1, 0.15) is 10.4 Å². The number of hydrogen-bond donors (Lipinski definition) is 2. The van der Waals surface area contributed by atoms with E-state index in [1.54, 1.807) is 6.07 Å². The summed E-state index contributed by atoms with van der Waals surface area (Å²) in [5.74, 6) is -0.358. The van der Waals surface area contributed by atoms with E-state index >= 15 is 0 Å². The van der Waals surface area contributed by atoms with E-state index in [0.29, 0.717) is 10.7 Å². The highest BCUT2D eigenvalue weighted by molar-refractivity contribution is 6.34. The largest absolute Gasteiger partial charge is 0.508 e. The number of anilines is 2. The lowest BCUT2D eigenvalue weighted by Gasteiger charge is -2.14. The molecule has 0 atom stereocenters. The van der Waals surface area contributed by atoms with Crippen LogP contribution < -0.4 is 10.2 Å². The van der Waals surface area contributed by atoms with Crippen LogP contribution >= 0.6 is 11.6 Å². The maximum Gasteiger partial charge on any atom is 0.257 e. The summed E-state index contributed by atoms with van der Waals surface area (Å²) in [6.07, 6.45) is 0. The van der Waals surface area contributed by atoms with Crippen molar-refractivity contribution in [2.24, 2.45) is 0 Å². The molecule has 104 valence electrons. The summed E-state index contributed by atoms with van der Waals surface area (Å²) in [6.45, 7) is 0. The predicted molar refractivity (Wildman–Crippen MR) is 81.8 cm³/mol. The van der Waals surface area contributed by atoms with Crippen LogP contribution in [0.15, 0.2) is 42.5 Å². The zero-order valence-electron chi connectivity index (χ0n) is 11.2. The Hall–Kier alpha value is -2.20. The van der Waals surface area contributed by atoms with Gasteiger partial charge in [0.15, 0.2) is 0 Å². The molecule has 2 aromatic carbocycles. The van der Waals surface area contributed by atoms with Gasteiger partial charge in [-0.2, -0.15) is 0 Å². The number of carbonyl (C=O) groups excluding carboxylic acids is 1. The van der Waals surface area contributed by atoms with E-state index in [1.807, 2.05) is 37.2 Å². The first-order chi connectivity index (χ1) is 9.47. The van der Waals surface area contributed by atoms with Gasteiger partial charge in [0.2, 0.25) is 0 Å². The van der Waals surface area contributed by atoms with Gasteiger partial charge in [-0.25, -0.2) is 0 Å². The summed E-state index contributed by atoms with van der Waals surface area (Å²) >= 11 is 5.96. The fraction of sp³-hybridized carbons (Fsp3) is 0.133. The van der Waals surface area contributed by atoms with Crippen LogP contribution in [0, 0.1) is 0 Å². The molecule has 0 saturated heterocycles. The Morgan fingerprint density at radius 3 is 2.65 bits per heavy atom. The Balaban J connectivity index is 2.23. The van der Waals surface area contributed by atoms with Gasteiger partial charge in [0.1, 0.15) is 5.75 Å². The summed E-state index contributed by atoms with van der Waals surface area (Å²) in [7, 11) is 3.85. The minimum Gasteiger partial charge on any atom is -0.508 e. The number of nitrogens with one attached hydrogen (secondary N) is 1. The molecule has 2 N–H and O–H groups in total. The summed E-state index contributed by atoms with van der Waals surface area (Å²) < 4.78 is 0. The van der Waals surface area contributed by atoms with Crippen LogP contribution in [-0.4, -0.2) is 25.1 Å². The standard InChI is InChI=1S/C15H15ClN2O2/c1-18(2)11-5-3-4-10(8-11)17-15(20)13-9-12(19)6-7-14(13)16/h3-9,19H,1-2H3,(H,17,20). The molecule has 2 rings (SSSR count). The van der Waals surface area contributed by atoms with Crippen molar-refractivity contribution in [2.45, 2.75) is 0 Å². The van der Waals surface area contributed by atoms with Crippen LogP contribution in [0.3, 0.4) is 0 Å². The van der Waals surface area contributed by atoms with E-state index in [4.69, 9.17) is 11.6 Å². The van der Waals surface area contributed by atoms with Crippen LogP contribution in [0.5, 0.6) is 5.75 Å². The SMILES string of the molecule is CN(C)c1cccc(NC(=O)c2cc(O)ccc2Cl)c1. The van der Waals surface area contributed by atoms with Crippen molar-refractivity contribution in [3.63, 3.8) is 0 Å². The van der Waals surface area contributed by atoms with Gasteiger partial charge in [-0.3, -0.25) is 4.79 Å². The van der Waals surface area contributed by atoms with Crippen LogP contribution in [0.4, 0.5) is 11.4 Å². The maximum absolute atomic E-state index is 12.1. The third kappa shape index (κ3) is 3.22. The van der Waals surface area contributed by atoms with E-state index in [2.05, 4.69) is 5.32 Å². The molecule has 0 aliphatic carbocycles. The Morgan fingerprint density at radius 2 is 1.95 bits per heavy atom. The van der Waals surface area contributed by atoms with Gasteiger partial charge in [-0.1, -0.05) is 17.7 Å². The monoisotopic (exact) mass is 290 g/mol. The first kappa shape index (κ1) is 14.2. The maximum atomic E-state index is 12.1. The molecule has 0 radical (unpaired) electrons. The van der Waals surface area contributed by atoms with E-state index in [9.17, 15) is 9.90 Å². The highest BCUT2D eigenvalue weighted by Gasteiger charge is 2.11. The smallest absolute Gasteiger partial charge is 0.257 e. The first-order valence-corrected chi connectivity index (χ1v) is 6.42. The fourth-order valence-corrected chi connectivity index (χ4v) is 1.95. The Labute approximate surface area is 122 Å². The second kappa shape index (κ2) is 5.84. The molecule has 0 fully saturated rings. The van der Waals surface area contributed by atoms with Crippen molar-refractivity contribution >= 4 is 28.9 Å². The Kier molecular flexibility index (Phi) is 4.15. The fourth-order valence-electron chi connectivity index (χ4n) is 1.75. The molecule has 0 unspecified atom stereocenters.